The molecule has 0 fully saturated rings. The van der Waals surface area contributed by atoms with E-state index in [1.165, 1.54) is 10.5 Å². The number of aryl methyl sites for hydroxylation is 3. The third kappa shape index (κ3) is 4.26. The van der Waals surface area contributed by atoms with Crippen LogP contribution in [0.3, 0.4) is 0 Å². The quantitative estimate of drug-likeness (QED) is 0.364. The Balaban J connectivity index is 1.45. The second-order valence-electron chi connectivity index (χ2n) is 7.67. The number of hydrogen-bond acceptors (Lipinski definition) is 6. The highest BCUT2D eigenvalue weighted by molar-refractivity contribution is 5.81. The van der Waals surface area contributed by atoms with Crippen LogP contribution in [0.15, 0.2) is 56.6 Å². The highest BCUT2D eigenvalue weighted by Gasteiger charge is 2.14. The Morgan fingerprint density at radius 3 is 2.65 bits per heavy atom. The molecule has 158 valence electrons. The maximum Gasteiger partial charge on any atom is 0.339 e. The minimum absolute atomic E-state index is 0.0225. The Morgan fingerprint density at radius 1 is 1.06 bits per heavy atom. The molecule has 0 aliphatic rings. The first-order valence-electron chi connectivity index (χ1n) is 9.99. The van der Waals surface area contributed by atoms with Gasteiger partial charge in [0.1, 0.15) is 17.8 Å². The van der Waals surface area contributed by atoms with Gasteiger partial charge in [-0.15, -0.1) is 0 Å². The smallest absolute Gasteiger partial charge is 0.339 e. The molecule has 7 heteroatoms. The Hall–Kier alpha value is -3.74. The molecular weight excluding hydrogens is 396 g/mol. The fraction of sp³-hybridized carbons (Fsp3) is 0.250. The van der Waals surface area contributed by atoms with Gasteiger partial charge >= 0.3 is 11.6 Å². The fourth-order valence-electron chi connectivity index (χ4n) is 3.57. The summed E-state index contributed by atoms with van der Waals surface area (Å²) in [6.45, 7) is 5.58. The summed E-state index contributed by atoms with van der Waals surface area (Å²) in [5, 5.41) is 0.852. The van der Waals surface area contributed by atoms with E-state index < -0.39 is 11.6 Å². The summed E-state index contributed by atoms with van der Waals surface area (Å²) in [6.07, 6.45) is 1.90. The van der Waals surface area contributed by atoms with E-state index in [9.17, 15) is 14.4 Å². The lowest BCUT2D eigenvalue weighted by Crippen LogP contribution is -2.17. The van der Waals surface area contributed by atoms with Gasteiger partial charge in [-0.3, -0.25) is 14.0 Å². The molecule has 0 radical (unpaired) electrons. The zero-order valence-corrected chi connectivity index (χ0v) is 17.6. The molecule has 0 atom stereocenters. The third-order valence-corrected chi connectivity index (χ3v) is 5.28. The maximum absolute atomic E-state index is 12.4. The van der Waals surface area contributed by atoms with Gasteiger partial charge in [0.25, 0.3) is 5.56 Å². The minimum Gasteiger partial charge on any atom is -0.459 e. The number of esters is 1. The second-order valence-corrected chi connectivity index (χ2v) is 7.67. The van der Waals surface area contributed by atoms with Crippen molar-refractivity contribution in [2.24, 2.45) is 0 Å². The van der Waals surface area contributed by atoms with Gasteiger partial charge in [0.05, 0.1) is 5.69 Å². The highest BCUT2D eigenvalue weighted by atomic mass is 16.5. The average molecular weight is 418 g/mol. The van der Waals surface area contributed by atoms with E-state index in [-0.39, 0.29) is 25.0 Å². The zero-order valence-electron chi connectivity index (χ0n) is 17.6. The lowest BCUT2D eigenvalue weighted by molar-refractivity contribution is -0.145. The van der Waals surface area contributed by atoms with Crippen LogP contribution in [0.2, 0.25) is 0 Å². The monoisotopic (exact) mass is 418 g/mol. The Kier molecular flexibility index (Phi) is 5.42. The maximum atomic E-state index is 12.4. The van der Waals surface area contributed by atoms with Crippen molar-refractivity contribution in [3.63, 3.8) is 0 Å². The minimum atomic E-state index is -0.478. The molecule has 0 aliphatic heterocycles. The van der Waals surface area contributed by atoms with Crippen LogP contribution in [-0.2, 0) is 22.6 Å². The van der Waals surface area contributed by atoms with E-state index in [1.807, 2.05) is 45.0 Å². The molecule has 31 heavy (non-hydrogen) atoms. The lowest BCUT2D eigenvalue weighted by Gasteiger charge is -2.09. The molecule has 0 aliphatic carbocycles. The number of benzene rings is 1. The van der Waals surface area contributed by atoms with Crippen molar-refractivity contribution in [2.45, 2.75) is 40.2 Å². The Bertz CT molecular complexity index is 1430. The van der Waals surface area contributed by atoms with Crippen molar-refractivity contribution in [1.82, 2.24) is 9.38 Å². The molecule has 0 saturated heterocycles. The van der Waals surface area contributed by atoms with Gasteiger partial charge in [0.15, 0.2) is 0 Å². The van der Waals surface area contributed by atoms with Gasteiger partial charge in [-0.05, 0) is 62.1 Å². The molecule has 3 heterocycles. The molecule has 0 unspecified atom stereocenters. The predicted molar refractivity (Wildman–Crippen MR) is 116 cm³/mol. The zero-order chi connectivity index (χ0) is 22.1. The summed E-state index contributed by atoms with van der Waals surface area (Å²) in [4.78, 5) is 41.2. The van der Waals surface area contributed by atoms with Crippen molar-refractivity contribution in [1.29, 1.82) is 0 Å². The molecule has 4 rings (SSSR count). The summed E-state index contributed by atoms with van der Waals surface area (Å²) in [6, 6.07) is 10.6. The van der Waals surface area contributed by atoms with Crippen molar-refractivity contribution in [3.8, 4) is 0 Å². The van der Waals surface area contributed by atoms with Crippen LogP contribution in [-0.4, -0.2) is 15.4 Å². The second kappa shape index (κ2) is 8.18. The summed E-state index contributed by atoms with van der Waals surface area (Å²) in [5.74, 6) is -0.478. The molecule has 0 bridgehead atoms. The molecule has 0 N–H and O–H groups in total. The van der Waals surface area contributed by atoms with Crippen molar-refractivity contribution in [3.05, 3.63) is 91.3 Å². The summed E-state index contributed by atoms with van der Waals surface area (Å²) < 4.78 is 12.1. The van der Waals surface area contributed by atoms with Crippen LogP contribution in [0.4, 0.5) is 0 Å². The first-order valence-corrected chi connectivity index (χ1v) is 9.99. The number of rotatable bonds is 5. The van der Waals surface area contributed by atoms with E-state index in [4.69, 9.17) is 9.15 Å². The Morgan fingerprint density at radius 2 is 1.84 bits per heavy atom. The van der Waals surface area contributed by atoms with Gasteiger partial charge in [-0.2, -0.15) is 0 Å². The lowest BCUT2D eigenvalue weighted by atomic mass is 10.0. The molecule has 4 aromatic rings. The van der Waals surface area contributed by atoms with E-state index in [0.29, 0.717) is 22.5 Å². The van der Waals surface area contributed by atoms with Crippen LogP contribution in [0, 0.1) is 20.8 Å². The van der Waals surface area contributed by atoms with E-state index >= 15 is 0 Å². The van der Waals surface area contributed by atoms with Crippen LogP contribution in [0.5, 0.6) is 0 Å². The van der Waals surface area contributed by atoms with Gasteiger partial charge in [-0.1, -0.05) is 12.1 Å². The van der Waals surface area contributed by atoms with Gasteiger partial charge in [-0.25, -0.2) is 9.78 Å². The predicted octanol–water partition coefficient (Wildman–Crippen LogP) is 3.40. The van der Waals surface area contributed by atoms with Crippen LogP contribution in [0.25, 0.3) is 16.6 Å². The van der Waals surface area contributed by atoms with E-state index in [2.05, 4.69) is 4.98 Å². The molecule has 3 aromatic heterocycles. The number of ether oxygens (including phenoxy) is 1. The number of carbonyl (C=O) groups excluding carboxylic acids is 1. The van der Waals surface area contributed by atoms with E-state index in [0.717, 1.165) is 22.1 Å². The number of carbonyl (C=O) groups is 1. The molecule has 0 spiro atoms. The summed E-state index contributed by atoms with van der Waals surface area (Å²) in [5.41, 5.74) is 3.98. The average Bonchev–Trinajstić information content (AvgIpc) is 2.71. The van der Waals surface area contributed by atoms with Crippen molar-refractivity contribution < 1.29 is 13.9 Å². The molecular formula is C24H22N2O5. The number of pyridine rings is 1. The van der Waals surface area contributed by atoms with Crippen molar-refractivity contribution in [2.75, 3.05) is 0 Å². The summed E-state index contributed by atoms with van der Waals surface area (Å²) >= 11 is 0. The van der Waals surface area contributed by atoms with Crippen LogP contribution in [0.1, 0.15) is 34.4 Å². The van der Waals surface area contributed by atoms with Crippen LogP contribution < -0.4 is 11.2 Å². The van der Waals surface area contributed by atoms with Gasteiger partial charge < -0.3 is 9.15 Å². The van der Waals surface area contributed by atoms with Crippen LogP contribution >= 0.6 is 0 Å². The van der Waals surface area contributed by atoms with Crippen molar-refractivity contribution >= 4 is 22.6 Å². The highest BCUT2D eigenvalue weighted by Crippen LogP contribution is 2.21. The first-order chi connectivity index (χ1) is 14.8. The third-order valence-electron chi connectivity index (χ3n) is 5.28. The van der Waals surface area contributed by atoms with Gasteiger partial charge in [0.2, 0.25) is 0 Å². The Labute approximate surface area is 177 Å². The van der Waals surface area contributed by atoms with Gasteiger partial charge in [0, 0.05) is 29.6 Å². The number of nitrogens with zero attached hydrogens (tertiary/aromatic N) is 2. The largest absolute Gasteiger partial charge is 0.459 e. The first kappa shape index (κ1) is 20.5. The number of fused-ring (bicyclic) bond motifs is 2. The molecule has 0 amide bonds. The number of hydrogen-bond donors (Lipinski definition) is 0. The molecule has 7 nitrogen and oxygen atoms in total. The summed E-state index contributed by atoms with van der Waals surface area (Å²) in [7, 11) is 0. The molecule has 0 saturated carbocycles. The van der Waals surface area contributed by atoms with E-state index in [1.54, 1.807) is 12.3 Å². The fourth-order valence-corrected chi connectivity index (χ4v) is 3.57. The standard InChI is InChI=1S/C24H22N2O5/c1-14-4-5-18-16(3)19(24(29)31-20(18)10-14)6-7-23(28)30-13-17-12-22(27)26-9-8-15(2)11-21(26)25-17/h4-5,8-12H,6-7,13H2,1-3H3. The number of aromatic nitrogens is 2. The SMILES string of the molecule is Cc1ccc2c(C)c(CCC(=O)OCc3cc(=O)n4ccc(C)cc4n3)c(=O)oc2c1. The topological polar surface area (TPSA) is 90.9 Å². The molecule has 1 aromatic carbocycles. The normalized spacial score (nSPS) is 11.2.